The largest absolute Gasteiger partial charge is 0.492 e. The minimum atomic E-state index is -0.247. The highest BCUT2D eigenvalue weighted by Crippen LogP contribution is 2.31. The average molecular weight is 268 g/mol. The Kier molecular flexibility index (Phi) is 2.82. The molecule has 0 saturated carbocycles. The first-order valence-electron chi connectivity index (χ1n) is 6.31. The van der Waals surface area contributed by atoms with Crippen molar-refractivity contribution >= 4 is 11.6 Å². The van der Waals surface area contributed by atoms with Gasteiger partial charge in [-0.2, -0.15) is 0 Å². The molecule has 0 aliphatic heterocycles. The number of ether oxygens (including phenoxy) is 1. The number of carbonyl (C=O) groups is 2. The van der Waals surface area contributed by atoms with Crippen molar-refractivity contribution in [2.75, 3.05) is 6.61 Å². The number of ketones is 2. The maximum absolute atomic E-state index is 12.5. The molecule has 2 aromatic heterocycles. The van der Waals surface area contributed by atoms with Crippen molar-refractivity contribution in [1.29, 1.82) is 0 Å². The Labute approximate surface area is 115 Å². The smallest absolute Gasteiger partial charge is 0.212 e. The number of rotatable bonds is 2. The standard InChI is InChI=1S/C15H12N2O3/c1-3-20-11-7-17-13-12(8(11)2)14(18)10-6-16-5-4-9(10)15(13)19/h4-7H,3H2,1-2H3. The fraction of sp³-hybridized carbons (Fsp3) is 0.200. The lowest BCUT2D eigenvalue weighted by molar-refractivity contribution is 0.0974. The molecular weight excluding hydrogens is 256 g/mol. The molecule has 0 fully saturated rings. The molecular formula is C15H12N2O3. The van der Waals surface area contributed by atoms with Gasteiger partial charge in [0.2, 0.25) is 5.78 Å². The molecule has 0 N–H and O–H groups in total. The first-order valence-corrected chi connectivity index (χ1v) is 6.31. The molecule has 100 valence electrons. The summed E-state index contributed by atoms with van der Waals surface area (Å²) in [5.74, 6) is 0.0529. The Morgan fingerprint density at radius 1 is 1.15 bits per heavy atom. The molecule has 1 aliphatic carbocycles. The summed E-state index contributed by atoms with van der Waals surface area (Å²) in [7, 11) is 0. The minimum absolute atomic E-state index is 0.189. The van der Waals surface area contributed by atoms with Crippen LogP contribution in [0.5, 0.6) is 5.75 Å². The molecule has 2 aromatic rings. The molecule has 20 heavy (non-hydrogen) atoms. The van der Waals surface area contributed by atoms with Gasteiger partial charge >= 0.3 is 0 Å². The van der Waals surface area contributed by atoms with Crippen LogP contribution in [0.15, 0.2) is 24.7 Å². The Bertz CT molecular complexity index is 738. The van der Waals surface area contributed by atoms with Crippen molar-refractivity contribution in [2.45, 2.75) is 13.8 Å². The number of hydrogen-bond acceptors (Lipinski definition) is 5. The number of aromatic nitrogens is 2. The van der Waals surface area contributed by atoms with Gasteiger partial charge in [-0.1, -0.05) is 0 Å². The molecule has 0 aromatic carbocycles. The van der Waals surface area contributed by atoms with Crippen LogP contribution in [0.1, 0.15) is 44.5 Å². The summed E-state index contributed by atoms with van der Waals surface area (Å²) in [6.07, 6.45) is 4.41. The van der Waals surface area contributed by atoms with Crippen LogP contribution in [-0.2, 0) is 0 Å². The zero-order valence-electron chi connectivity index (χ0n) is 11.1. The van der Waals surface area contributed by atoms with E-state index < -0.39 is 0 Å². The number of fused-ring (bicyclic) bond motifs is 2. The lowest BCUT2D eigenvalue weighted by Gasteiger charge is -2.19. The SMILES string of the molecule is CCOc1cnc2c(c1C)C(=O)c1cnccc1C2=O. The quantitative estimate of drug-likeness (QED) is 0.710. The van der Waals surface area contributed by atoms with E-state index in [4.69, 9.17) is 4.74 Å². The van der Waals surface area contributed by atoms with Crippen LogP contribution in [0.25, 0.3) is 0 Å². The van der Waals surface area contributed by atoms with Gasteiger partial charge in [0.15, 0.2) is 5.78 Å². The summed E-state index contributed by atoms with van der Waals surface area (Å²) >= 11 is 0. The van der Waals surface area contributed by atoms with E-state index in [1.165, 1.54) is 18.6 Å². The van der Waals surface area contributed by atoms with Gasteiger partial charge in [-0.3, -0.25) is 14.6 Å². The summed E-state index contributed by atoms with van der Waals surface area (Å²) in [4.78, 5) is 33.0. The predicted molar refractivity (Wildman–Crippen MR) is 71.2 cm³/mol. The number of hydrogen-bond donors (Lipinski definition) is 0. The van der Waals surface area contributed by atoms with Gasteiger partial charge in [0.1, 0.15) is 11.4 Å². The number of pyridine rings is 2. The van der Waals surface area contributed by atoms with Crippen molar-refractivity contribution in [3.63, 3.8) is 0 Å². The third kappa shape index (κ3) is 1.63. The van der Waals surface area contributed by atoms with Gasteiger partial charge in [-0.25, -0.2) is 4.98 Å². The maximum Gasteiger partial charge on any atom is 0.212 e. The van der Waals surface area contributed by atoms with Crippen molar-refractivity contribution < 1.29 is 14.3 Å². The molecule has 0 radical (unpaired) electrons. The number of nitrogens with zero attached hydrogens (tertiary/aromatic N) is 2. The molecule has 0 unspecified atom stereocenters. The molecule has 3 rings (SSSR count). The van der Waals surface area contributed by atoms with Crippen molar-refractivity contribution in [1.82, 2.24) is 9.97 Å². The zero-order valence-corrected chi connectivity index (χ0v) is 11.1. The van der Waals surface area contributed by atoms with Crippen molar-refractivity contribution in [2.24, 2.45) is 0 Å². The van der Waals surface area contributed by atoms with E-state index >= 15 is 0 Å². The van der Waals surface area contributed by atoms with Gasteiger partial charge in [0, 0.05) is 23.5 Å². The van der Waals surface area contributed by atoms with E-state index in [1.54, 1.807) is 13.0 Å². The Hall–Kier alpha value is -2.56. The van der Waals surface area contributed by atoms with E-state index in [-0.39, 0.29) is 17.3 Å². The third-order valence-corrected chi connectivity index (χ3v) is 3.34. The second-order valence-corrected chi connectivity index (χ2v) is 4.48. The fourth-order valence-electron chi connectivity index (χ4n) is 2.37. The van der Waals surface area contributed by atoms with Crippen LogP contribution < -0.4 is 4.74 Å². The average Bonchev–Trinajstić information content (AvgIpc) is 2.47. The maximum atomic E-state index is 12.5. The van der Waals surface area contributed by atoms with Gasteiger partial charge in [0.05, 0.1) is 23.9 Å². The van der Waals surface area contributed by atoms with Gasteiger partial charge in [-0.05, 0) is 19.9 Å². The molecule has 0 spiro atoms. The zero-order chi connectivity index (χ0) is 14.3. The van der Waals surface area contributed by atoms with Crippen LogP contribution in [0.2, 0.25) is 0 Å². The minimum Gasteiger partial charge on any atom is -0.492 e. The second kappa shape index (κ2) is 4.52. The van der Waals surface area contributed by atoms with Gasteiger partial charge < -0.3 is 4.74 Å². The highest BCUT2D eigenvalue weighted by atomic mass is 16.5. The van der Waals surface area contributed by atoms with Crippen LogP contribution in [0.4, 0.5) is 0 Å². The van der Waals surface area contributed by atoms with Crippen LogP contribution in [0.3, 0.4) is 0 Å². The monoisotopic (exact) mass is 268 g/mol. The van der Waals surface area contributed by atoms with E-state index in [0.29, 0.717) is 34.6 Å². The molecule has 1 aliphatic rings. The number of carbonyl (C=O) groups excluding carboxylic acids is 2. The van der Waals surface area contributed by atoms with Gasteiger partial charge in [-0.15, -0.1) is 0 Å². The van der Waals surface area contributed by atoms with Crippen molar-refractivity contribution in [3.8, 4) is 5.75 Å². The third-order valence-electron chi connectivity index (χ3n) is 3.34. The van der Waals surface area contributed by atoms with Crippen LogP contribution in [0, 0.1) is 6.92 Å². The van der Waals surface area contributed by atoms with E-state index in [1.807, 2.05) is 6.92 Å². The molecule has 0 amide bonds. The topological polar surface area (TPSA) is 69.2 Å². The second-order valence-electron chi connectivity index (χ2n) is 4.48. The highest BCUT2D eigenvalue weighted by Gasteiger charge is 2.33. The molecule has 0 atom stereocenters. The molecule has 5 nitrogen and oxygen atoms in total. The summed E-state index contributed by atoms with van der Waals surface area (Å²) in [6, 6.07) is 1.55. The first kappa shape index (κ1) is 12.5. The summed E-state index contributed by atoms with van der Waals surface area (Å²) in [5, 5.41) is 0. The van der Waals surface area contributed by atoms with E-state index in [9.17, 15) is 9.59 Å². The molecule has 2 heterocycles. The lowest BCUT2D eigenvalue weighted by Crippen LogP contribution is -2.24. The summed E-state index contributed by atoms with van der Waals surface area (Å²) in [5.41, 5.74) is 1.83. The summed E-state index contributed by atoms with van der Waals surface area (Å²) < 4.78 is 5.43. The van der Waals surface area contributed by atoms with Crippen LogP contribution >= 0.6 is 0 Å². The Morgan fingerprint density at radius 3 is 2.70 bits per heavy atom. The van der Waals surface area contributed by atoms with E-state index in [0.717, 1.165) is 0 Å². The van der Waals surface area contributed by atoms with Crippen LogP contribution in [-0.4, -0.2) is 28.1 Å². The Morgan fingerprint density at radius 2 is 1.95 bits per heavy atom. The molecule has 5 heteroatoms. The fourth-order valence-corrected chi connectivity index (χ4v) is 2.37. The molecule has 0 saturated heterocycles. The normalized spacial score (nSPS) is 12.9. The van der Waals surface area contributed by atoms with Crippen molar-refractivity contribution in [3.05, 3.63) is 52.6 Å². The Balaban J connectivity index is 2.26. The predicted octanol–water partition coefficient (Wildman–Crippen LogP) is 1.96. The highest BCUT2D eigenvalue weighted by molar-refractivity contribution is 6.28. The summed E-state index contributed by atoms with van der Waals surface area (Å²) in [6.45, 7) is 4.09. The lowest BCUT2D eigenvalue weighted by atomic mass is 9.86. The molecule has 0 bridgehead atoms. The first-order chi connectivity index (χ1) is 9.65. The van der Waals surface area contributed by atoms with E-state index in [2.05, 4.69) is 9.97 Å². The van der Waals surface area contributed by atoms with Gasteiger partial charge in [0.25, 0.3) is 0 Å².